The topological polar surface area (TPSA) is 70.9 Å². The second kappa shape index (κ2) is 4.60. The number of hydrogen-bond acceptors (Lipinski definition) is 4. The van der Waals surface area contributed by atoms with Crippen molar-refractivity contribution in [2.45, 2.75) is 6.92 Å². The number of aliphatic imine (C=N–C) groups is 1. The van der Waals surface area contributed by atoms with E-state index in [9.17, 15) is 9.70 Å². The van der Waals surface area contributed by atoms with Crippen molar-refractivity contribution in [3.05, 3.63) is 4.91 Å². The molecule has 0 rings (SSSR count). The molecule has 0 aliphatic rings. The van der Waals surface area contributed by atoms with Crippen LogP contribution in [-0.2, 0) is 4.79 Å². The van der Waals surface area contributed by atoms with Crippen molar-refractivity contribution in [2.24, 2.45) is 10.2 Å². The van der Waals surface area contributed by atoms with Crippen LogP contribution in [0.2, 0.25) is 0 Å². The number of carbonyl (C=O) groups is 1. The zero-order chi connectivity index (χ0) is 7.98. The lowest BCUT2D eigenvalue weighted by Crippen LogP contribution is -2.25. The van der Waals surface area contributed by atoms with Gasteiger partial charge >= 0.3 is 0 Å². The minimum absolute atomic E-state index is 0.195. The molecule has 10 heavy (non-hydrogen) atoms. The van der Waals surface area contributed by atoms with Crippen LogP contribution in [-0.4, -0.2) is 25.3 Å². The summed E-state index contributed by atoms with van der Waals surface area (Å²) >= 11 is 0. The number of rotatable bonds is 3. The molecular formula is C5H9N3O2. The predicted molar refractivity (Wildman–Crippen MR) is 37.8 cm³/mol. The lowest BCUT2D eigenvalue weighted by Gasteiger charge is -1.94. The van der Waals surface area contributed by atoms with Gasteiger partial charge in [0.15, 0.2) is 6.67 Å². The van der Waals surface area contributed by atoms with Gasteiger partial charge in [0.05, 0.1) is 5.71 Å². The predicted octanol–water partition coefficient (Wildman–Crippen LogP) is -0.0828. The average Bonchev–Trinajstić information content (AvgIpc) is 1.98. The highest BCUT2D eigenvalue weighted by Gasteiger charge is 1.99. The second-order valence-electron chi connectivity index (χ2n) is 1.59. The molecule has 1 N–H and O–H groups in total. The van der Waals surface area contributed by atoms with Gasteiger partial charge in [-0.2, -0.15) is 0 Å². The van der Waals surface area contributed by atoms with E-state index in [1.807, 2.05) is 0 Å². The van der Waals surface area contributed by atoms with Crippen LogP contribution in [0.4, 0.5) is 0 Å². The fourth-order valence-corrected chi connectivity index (χ4v) is 0.388. The first kappa shape index (κ1) is 8.74. The van der Waals surface area contributed by atoms with Crippen LogP contribution in [0.1, 0.15) is 6.92 Å². The largest absolute Gasteiger partial charge is 0.354 e. The van der Waals surface area contributed by atoms with Crippen molar-refractivity contribution in [3.63, 3.8) is 0 Å². The molecule has 0 aromatic heterocycles. The van der Waals surface area contributed by atoms with Gasteiger partial charge in [-0.25, -0.2) is 0 Å². The summed E-state index contributed by atoms with van der Waals surface area (Å²) in [6.45, 7) is 1.32. The Morgan fingerprint density at radius 1 is 1.60 bits per heavy atom. The minimum Gasteiger partial charge on any atom is -0.354 e. The molecule has 0 saturated heterocycles. The van der Waals surface area contributed by atoms with Gasteiger partial charge < -0.3 is 5.32 Å². The smallest absolute Gasteiger partial charge is 0.264 e. The standard InChI is InChI=1S/C5H9N3O2/c1-4(5(9)6-2)7-3-8-10/h3H2,1-2H3,(H,6,9)/b7-4+. The summed E-state index contributed by atoms with van der Waals surface area (Å²) in [5.41, 5.74) is 0.266. The Morgan fingerprint density at radius 2 is 2.20 bits per heavy atom. The zero-order valence-electron chi connectivity index (χ0n) is 5.92. The van der Waals surface area contributed by atoms with Crippen molar-refractivity contribution < 1.29 is 4.79 Å². The molecule has 0 unspecified atom stereocenters. The van der Waals surface area contributed by atoms with E-state index in [1.165, 1.54) is 14.0 Å². The highest BCUT2D eigenvalue weighted by Crippen LogP contribution is 1.78. The summed E-state index contributed by atoms with van der Waals surface area (Å²) < 4.78 is 0. The van der Waals surface area contributed by atoms with Gasteiger partial charge in [-0.3, -0.25) is 9.79 Å². The summed E-state index contributed by atoms with van der Waals surface area (Å²) in [6, 6.07) is 0. The van der Waals surface area contributed by atoms with Crippen LogP contribution in [0.3, 0.4) is 0 Å². The van der Waals surface area contributed by atoms with Crippen LogP contribution >= 0.6 is 0 Å². The Morgan fingerprint density at radius 3 is 2.60 bits per heavy atom. The first-order valence-electron chi connectivity index (χ1n) is 2.74. The van der Waals surface area contributed by atoms with E-state index in [4.69, 9.17) is 0 Å². The first-order valence-corrected chi connectivity index (χ1v) is 2.74. The SMILES string of the molecule is CNC(=O)/C(C)=N/CN=O. The number of amides is 1. The van der Waals surface area contributed by atoms with Crippen molar-refractivity contribution in [1.29, 1.82) is 0 Å². The number of hydrogen-bond donors (Lipinski definition) is 1. The van der Waals surface area contributed by atoms with E-state index < -0.39 is 0 Å². The molecule has 0 fully saturated rings. The molecule has 0 saturated carbocycles. The van der Waals surface area contributed by atoms with E-state index in [1.54, 1.807) is 0 Å². The summed E-state index contributed by atoms with van der Waals surface area (Å²) in [5.74, 6) is -0.288. The lowest BCUT2D eigenvalue weighted by atomic mass is 10.4. The van der Waals surface area contributed by atoms with Gasteiger partial charge in [0.1, 0.15) is 0 Å². The monoisotopic (exact) mass is 143 g/mol. The number of nitrogens with one attached hydrogen (secondary N) is 1. The first-order chi connectivity index (χ1) is 4.72. The highest BCUT2D eigenvalue weighted by atomic mass is 16.3. The Bertz CT molecular complexity index is 164. The van der Waals surface area contributed by atoms with Gasteiger partial charge in [0.2, 0.25) is 0 Å². The van der Waals surface area contributed by atoms with Crippen molar-refractivity contribution in [2.75, 3.05) is 13.7 Å². The second-order valence-corrected chi connectivity index (χ2v) is 1.59. The van der Waals surface area contributed by atoms with E-state index in [-0.39, 0.29) is 18.3 Å². The summed E-state index contributed by atoms with van der Waals surface area (Å²) in [7, 11) is 1.50. The third kappa shape index (κ3) is 2.91. The number of carbonyl (C=O) groups excluding carboxylic acids is 1. The molecule has 0 spiro atoms. The molecular weight excluding hydrogens is 134 g/mol. The summed E-state index contributed by atoms with van der Waals surface area (Å²) in [4.78, 5) is 23.7. The maximum absolute atomic E-state index is 10.6. The van der Waals surface area contributed by atoms with Crippen LogP contribution in [0.5, 0.6) is 0 Å². The van der Waals surface area contributed by atoms with Gasteiger partial charge in [-0.05, 0) is 12.1 Å². The van der Waals surface area contributed by atoms with Gasteiger partial charge in [-0.1, -0.05) is 0 Å². The van der Waals surface area contributed by atoms with E-state index >= 15 is 0 Å². The summed E-state index contributed by atoms with van der Waals surface area (Å²) in [5, 5.41) is 4.84. The van der Waals surface area contributed by atoms with Crippen LogP contribution in [0, 0.1) is 4.91 Å². The molecule has 5 heteroatoms. The van der Waals surface area contributed by atoms with E-state index in [2.05, 4.69) is 15.5 Å². The highest BCUT2D eigenvalue weighted by molar-refractivity contribution is 6.37. The molecule has 0 radical (unpaired) electrons. The maximum atomic E-state index is 10.6. The maximum Gasteiger partial charge on any atom is 0.264 e. The Kier molecular flexibility index (Phi) is 4.02. The molecule has 5 nitrogen and oxygen atoms in total. The zero-order valence-corrected chi connectivity index (χ0v) is 5.92. The Hall–Kier alpha value is -1.26. The molecule has 0 aromatic rings. The van der Waals surface area contributed by atoms with E-state index in [0.29, 0.717) is 0 Å². The lowest BCUT2D eigenvalue weighted by molar-refractivity contribution is -0.114. The summed E-state index contributed by atoms with van der Waals surface area (Å²) in [6.07, 6.45) is 0. The fraction of sp³-hybridized carbons (Fsp3) is 0.600. The van der Waals surface area contributed by atoms with Crippen LogP contribution < -0.4 is 5.32 Å². The average molecular weight is 143 g/mol. The van der Waals surface area contributed by atoms with Gasteiger partial charge in [0.25, 0.3) is 5.91 Å². The molecule has 1 amide bonds. The molecule has 0 bridgehead atoms. The molecule has 0 aromatic carbocycles. The number of nitroso groups, excluding NO2 is 1. The van der Waals surface area contributed by atoms with Crippen molar-refractivity contribution in [1.82, 2.24) is 5.32 Å². The molecule has 56 valence electrons. The van der Waals surface area contributed by atoms with Crippen LogP contribution in [0.15, 0.2) is 10.2 Å². The third-order valence-corrected chi connectivity index (χ3v) is 0.921. The fourth-order valence-electron chi connectivity index (χ4n) is 0.388. The van der Waals surface area contributed by atoms with Crippen molar-refractivity contribution in [3.8, 4) is 0 Å². The van der Waals surface area contributed by atoms with Gasteiger partial charge in [0, 0.05) is 7.05 Å². The normalized spacial score (nSPS) is 10.8. The molecule has 0 aliphatic carbocycles. The van der Waals surface area contributed by atoms with Gasteiger partial charge in [-0.15, -0.1) is 4.91 Å². The molecule has 0 atom stereocenters. The number of nitrogens with zero attached hydrogens (tertiary/aromatic N) is 2. The quantitative estimate of drug-likeness (QED) is 0.443. The minimum atomic E-state index is -0.288. The van der Waals surface area contributed by atoms with E-state index in [0.717, 1.165) is 0 Å². The van der Waals surface area contributed by atoms with Crippen molar-refractivity contribution >= 4 is 11.6 Å². The molecule has 0 heterocycles. The Labute approximate surface area is 58.5 Å². The van der Waals surface area contributed by atoms with Crippen LogP contribution in [0.25, 0.3) is 0 Å². The Balaban J connectivity index is 3.91. The molecule has 0 aliphatic heterocycles. The third-order valence-electron chi connectivity index (χ3n) is 0.921.